The lowest BCUT2D eigenvalue weighted by Gasteiger charge is -2.37. The Labute approximate surface area is 175 Å². The molecule has 2 aromatic rings. The van der Waals surface area contributed by atoms with E-state index in [1.807, 2.05) is 35.4 Å². The molecule has 1 aromatic carbocycles. The van der Waals surface area contributed by atoms with Gasteiger partial charge in [-0.2, -0.15) is 0 Å². The van der Waals surface area contributed by atoms with Crippen LogP contribution in [0.15, 0.2) is 29.6 Å². The van der Waals surface area contributed by atoms with E-state index in [2.05, 4.69) is 9.88 Å². The van der Waals surface area contributed by atoms with E-state index in [1.165, 1.54) is 0 Å². The minimum Gasteiger partial charge on any atom is -0.486 e. The molecule has 29 heavy (non-hydrogen) atoms. The van der Waals surface area contributed by atoms with Crippen LogP contribution in [0.5, 0.6) is 5.75 Å². The summed E-state index contributed by atoms with van der Waals surface area (Å²) >= 11 is 1.57. The van der Waals surface area contributed by atoms with E-state index < -0.39 is 9.84 Å². The van der Waals surface area contributed by atoms with Crippen LogP contribution in [0, 0.1) is 6.92 Å². The van der Waals surface area contributed by atoms with Crippen molar-refractivity contribution in [2.24, 2.45) is 0 Å². The molecular weight excluding hydrogens is 410 g/mol. The number of aromatic nitrogens is 1. The zero-order valence-electron chi connectivity index (χ0n) is 16.4. The van der Waals surface area contributed by atoms with Gasteiger partial charge in [-0.3, -0.25) is 9.69 Å². The van der Waals surface area contributed by atoms with Gasteiger partial charge in [-0.25, -0.2) is 13.4 Å². The molecule has 7 nitrogen and oxygen atoms in total. The molecule has 1 atom stereocenters. The maximum absolute atomic E-state index is 13.1. The van der Waals surface area contributed by atoms with Gasteiger partial charge in [0.2, 0.25) is 0 Å². The summed E-state index contributed by atoms with van der Waals surface area (Å²) in [7, 11) is -2.89. The van der Waals surface area contributed by atoms with Crippen molar-refractivity contribution < 1.29 is 17.9 Å². The van der Waals surface area contributed by atoms with Crippen LogP contribution < -0.4 is 4.74 Å². The monoisotopic (exact) mass is 435 g/mol. The standard InChI is InChI=1S/C20H25N3O4S2/c1-15-21-16(13-28-15)12-27-19-5-3-2-4-18(19)20(24)23-9-7-22(8-10-23)17-6-11-29(25,26)14-17/h2-5,13,17H,6-12,14H2,1H3/t17-/m1/s1. The number of benzene rings is 1. The lowest BCUT2D eigenvalue weighted by atomic mass is 10.1. The highest BCUT2D eigenvalue weighted by molar-refractivity contribution is 7.91. The molecule has 0 unspecified atom stereocenters. The number of carbonyl (C=O) groups is 1. The molecule has 2 saturated heterocycles. The fourth-order valence-corrected chi connectivity index (χ4v) is 6.28. The number of para-hydroxylation sites is 1. The molecule has 0 radical (unpaired) electrons. The van der Waals surface area contributed by atoms with E-state index in [1.54, 1.807) is 17.4 Å². The molecule has 2 aliphatic heterocycles. The van der Waals surface area contributed by atoms with Crippen molar-refractivity contribution >= 4 is 27.1 Å². The second kappa shape index (κ2) is 8.41. The average molecular weight is 436 g/mol. The van der Waals surface area contributed by atoms with Crippen molar-refractivity contribution in [1.82, 2.24) is 14.8 Å². The molecule has 156 valence electrons. The van der Waals surface area contributed by atoms with Crippen LogP contribution in [0.2, 0.25) is 0 Å². The molecule has 3 heterocycles. The highest BCUT2D eigenvalue weighted by Gasteiger charge is 2.34. The number of sulfone groups is 1. The number of hydrogen-bond acceptors (Lipinski definition) is 7. The highest BCUT2D eigenvalue weighted by Crippen LogP contribution is 2.24. The Morgan fingerprint density at radius 1 is 1.24 bits per heavy atom. The Morgan fingerprint density at radius 3 is 2.66 bits per heavy atom. The van der Waals surface area contributed by atoms with E-state index in [0.29, 0.717) is 50.5 Å². The normalized spacial score (nSPS) is 22.0. The van der Waals surface area contributed by atoms with Gasteiger partial charge in [0.05, 0.1) is 27.8 Å². The Morgan fingerprint density at radius 2 is 2.00 bits per heavy atom. The van der Waals surface area contributed by atoms with Gasteiger partial charge in [0, 0.05) is 37.6 Å². The van der Waals surface area contributed by atoms with Crippen molar-refractivity contribution in [3.63, 3.8) is 0 Å². The van der Waals surface area contributed by atoms with Crippen molar-refractivity contribution in [2.75, 3.05) is 37.7 Å². The number of aryl methyl sites for hydroxylation is 1. The Bertz CT molecular complexity index is 981. The molecule has 2 fully saturated rings. The largest absolute Gasteiger partial charge is 0.486 e. The second-order valence-electron chi connectivity index (χ2n) is 7.53. The molecule has 0 N–H and O–H groups in total. The zero-order valence-corrected chi connectivity index (χ0v) is 18.0. The molecular formula is C20H25N3O4S2. The molecule has 0 aliphatic carbocycles. The highest BCUT2D eigenvalue weighted by atomic mass is 32.2. The van der Waals surface area contributed by atoms with Crippen LogP contribution in [0.1, 0.15) is 27.5 Å². The maximum Gasteiger partial charge on any atom is 0.257 e. The van der Waals surface area contributed by atoms with Gasteiger partial charge < -0.3 is 9.64 Å². The first-order valence-corrected chi connectivity index (χ1v) is 12.5. The predicted molar refractivity (Wildman–Crippen MR) is 112 cm³/mol. The van der Waals surface area contributed by atoms with Gasteiger partial charge in [-0.05, 0) is 25.5 Å². The third-order valence-electron chi connectivity index (χ3n) is 5.49. The van der Waals surface area contributed by atoms with E-state index in [9.17, 15) is 13.2 Å². The number of ether oxygens (including phenoxy) is 1. The van der Waals surface area contributed by atoms with Gasteiger partial charge in [0.25, 0.3) is 5.91 Å². The molecule has 4 rings (SSSR count). The minimum atomic E-state index is -2.89. The van der Waals surface area contributed by atoms with Gasteiger partial charge in [-0.1, -0.05) is 12.1 Å². The molecule has 1 amide bonds. The van der Waals surface area contributed by atoms with E-state index in [-0.39, 0.29) is 23.5 Å². The molecule has 0 bridgehead atoms. The summed E-state index contributed by atoms with van der Waals surface area (Å²) in [6.07, 6.45) is 0.697. The SMILES string of the molecule is Cc1nc(COc2ccccc2C(=O)N2CCN([C@@H]3CCS(=O)(=O)C3)CC2)cs1. The van der Waals surface area contributed by atoms with E-state index in [0.717, 1.165) is 10.7 Å². The summed E-state index contributed by atoms with van der Waals surface area (Å²) in [5.41, 5.74) is 1.41. The Kier molecular flexibility index (Phi) is 5.89. The van der Waals surface area contributed by atoms with Crippen molar-refractivity contribution in [2.45, 2.75) is 26.0 Å². The number of piperazine rings is 1. The summed E-state index contributed by atoms with van der Waals surface area (Å²) in [5.74, 6) is 1.04. The summed E-state index contributed by atoms with van der Waals surface area (Å²) in [6, 6.07) is 7.39. The van der Waals surface area contributed by atoms with Gasteiger partial charge in [0.1, 0.15) is 12.4 Å². The van der Waals surface area contributed by atoms with Crippen LogP contribution in [0.25, 0.3) is 0 Å². The smallest absolute Gasteiger partial charge is 0.257 e. The van der Waals surface area contributed by atoms with Crippen LogP contribution in [0.4, 0.5) is 0 Å². The minimum absolute atomic E-state index is 0.0475. The summed E-state index contributed by atoms with van der Waals surface area (Å²) in [6.45, 7) is 4.87. The third kappa shape index (κ3) is 4.79. The predicted octanol–water partition coefficient (Wildman–Crippen LogP) is 1.98. The topological polar surface area (TPSA) is 79.8 Å². The van der Waals surface area contributed by atoms with Crippen molar-refractivity contribution in [3.8, 4) is 5.75 Å². The zero-order chi connectivity index (χ0) is 20.4. The first-order valence-electron chi connectivity index (χ1n) is 9.78. The summed E-state index contributed by atoms with van der Waals surface area (Å²) in [5, 5.41) is 2.95. The fourth-order valence-electron chi connectivity index (χ4n) is 3.92. The second-order valence-corrected chi connectivity index (χ2v) is 10.8. The summed E-state index contributed by atoms with van der Waals surface area (Å²) < 4.78 is 29.4. The lowest BCUT2D eigenvalue weighted by molar-refractivity contribution is 0.0583. The molecule has 2 aliphatic rings. The van der Waals surface area contributed by atoms with E-state index in [4.69, 9.17) is 4.74 Å². The quantitative estimate of drug-likeness (QED) is 0.715. The number of thiazole rings is 1. The number of nitrogens with zero attached hydrogens (tertiary/aromatic N) is 3. The van der Waals surface area contributed by atoms with Crippen LogP contribution in [0.3, 0.4) is 0 Å². The average Bonchev–Trinajstić information content (AvgIpc) is 3.31. The van der Waals surface area contributed by atoms with Gasteiger partial charge in [0.15, 0.2) is 9.84 Å². The number of rotatable bonds is 5. The number of hydrogen-bond donors (Lipinski definition) is 0. The van der Waals surface area contributed by atoms with Crippen molar-refractivity contribution in [3.05, 3.63) is 45.9 Å². The van der Waals surface area contributed by atoms with E-state index >= 15 is 0 Å². The fraction of sp³-hybridized carbons (Fsp3) is 0.500. The first kappa shape index (κ1) is 20.3. The summed E-state index contributed by atoms with van der Waals surface area (Å²) in [4.78, 5) is 21.5. The van der Waals surface area contributed by atoms with Crippen LogP contribution in [-0.2, 0) is 16.4 Å². The Balaban J connectivity index is 1.37. The third-order valence-corrected chi connectivity index (χ3v) is 8.06. The molecule has 0 spiro atoms. The number of carbonyl (C=O) groups excluding carboxylic acids is 1. The molecule has 1 aromatic heterocycles. The van der Waals surface area contributed by atoms with Gasteiger partial charge >= 0.3 is 0 Å². The maximum atomic E-state index is 13.1. The van der Waals surface area contributed by atoms with Crippen LogP contribution in [-0.4, -0.2) is 72.8 Å². The van der Waals surface area contributed by atoms with Gasteiger partial charge in [-0.15, -0.1) is 11.3 Å². The van der Waals surface area contributed by atoms with Crippen molar-refractivity contribution in [1.29, 1.82) is 0 Å². The van der Waals surface area contributed by atoms with Crippen LogP contribution >= 0.6 is 11.3 Å². The number of amides is 1. The Hall–Kier alpha value is -1.97. The molecule has 0 saturated carbocycles. The lowest BCUT2D eigenvalue weighted by Crippen LogP contribution is -2.52. The first-order chi connectivity index (χ1) is 13.9. The molecule has 9 heteroatoms.